The van der Waals surface area contributed by atoms with Gasteiger partial charge < -0.3 is 26.4 Å². The third-order valence-electron chi connectivity index (χ3n) is 2.77. The highest BCUT2D eigenvalue weighted by Crippen LogP contribution is 2.13. The topological polar surface area (TPSA) is 153 Å². The molecule has 0 aromatic carbocycles. The van der Waals surface area contributed by atoms with Crippen LogP contribution < -0.4 is 11.1 Å². The molecule has 0 amide bonds. The Bertz CT molecular complexity index is 545. The molecule has 0 aliphatic rings. The van der Waals surface area contributed by atoms with Crippen molar-refractivity contribution in [2.24, 2.45) is 0 Å². The van der Waals surface area contributed by atoms with Crippen LogP contribution in [0.2, 0.25) is 0 Å². The minimum atomic E-state index is -1.04. The molecule has 0 aliphatic carbocycles. The number of hydrogen-bond donors (Lipinski definition) is 6. The Balaban J connectivity index is 2.11. The maximum Gasteiger partial charge on any atom is 0.220 e. The first kappa shape index (κ1) is 13.6. The summed E-state index contributed by atoms with van der Waals surface area (Å²) in [5.74, 6) is 0.143. The molecule has 0 saturated carbocycles. The van der Waals surface area contributed by atoms with E-state index in [1.165, 1.54) is 6.20 Å². The fourth-order valence-electron chi connectivity index (χ4n) is 1.68. The van der Waals surface area contributed by atoms with Crippen LogP contribution in [0.25, 0.3) is 11.0 Å². The monoisotopic (exact) mass is 268 g/mol. The van der Waals surface area contributed by atoms with E-state index in [2.05, 4.69) is 25.5 Å². The highest BCUT2D eigenvalue weighted by atomic mass is 16.3. The first-order chi connectivity index (χ1) is 9.15. The number of nitrogens with one attached hydrogen (secondary N) is 2. The van der Waals surface area contributed by atoms with E-state index in [4.69, 9.17) is 15.9 Å². The van der Waals surface area contributed by atoms with Gasteiger partial charge in [0.25, 0.3) is 0 Å². The first-order valence-electron chi connectivity index (χ1n) is 5.74. The van der Waals surface area contributed by atoms with Crippen LogP contribution in [-0.2, 0) is 6.54 Å². The summed E-state index contributed by atoms with van der Waals surface area (Å²) in [5, 5.41) is 37.1. The molecule has 2 atom stereocenters. The zero-order valence-corrected chi connectivity index (χ0v) is 10.1. The lowest BCUT2D eigenvalue weighted by Crippen LogP contribution is -2.44. The molecule has 0 fully saturated rings. The van der Waals surface area contributed by atoms with Crippen LogP contribution in [0, 0.1) is 0 Å². The molecule has 0 bridgehead atoms. The van der Waals surface area contributed by atoms with Crippen molar-refractivity contribution in [2.45, 2.75) is 18.7 Å². The fourth-order valence-corrected chi connectivity index (χ4v) is 1.68. The minimum Gasteiger partial charge on any atom is -0.395 e. The quantitative estimate of drug-likeness (QED) is 0.343. The van der Waals surface area contributed by atoms with E-state index < -0.39 is 18.8 Å². The van der Waals surface area contributed by atoms with Crippen molar-refractivity contribution in [1.82, 2.24) is 25.5 Å². The lowest BCUT2D eigenvalue weighted by atomic mass is 10.2. The van der Waals surface area contributed by atoms with Gasteiger partial charge in [-0.3, -0.25) is 5.10 Å². The summed E-state index contributed by atoms with van der Waals surface area (Å²) in [4.78, 5) is 7.89. The van der Waals surface area contributed by atoms with Gasteiger partial charge in [0.2, 0.25) is 5.95 Å². The van der Waals surface area contributed by atoms with Gasteiger partial charge in [-0.05, 0) is 0 Å². The molecule has 9 nitrogen and oxygen atoms in total. The molecule has 2 heterocycles. The Hall–Kier alpha value is -1.81. The van der Waals surface area contributed by atoms with E-state index in [0.717, 1.165) is 0 Å². The minimum absolute atomic E-state index is 0.143. The number of aromatic nitrogens is 4. The van der Waals surface area contributed by atoms with Gasteiger partial charge in [0.1, 0.15) is 11.0 Å². The van der Waals surface area contributed by atoms with E-state index in [1.54, 1.807) is 0 Å². The summed E-state index contributed by atoms with van der Waals surface area (Å²) < 4.78 is 0. The van der Waals surface area contributed by atoms with Crippen LogP contribution in [0.1, 0.15) is 5.69 Å². The Morgan fingerprint density at radius 3 is 2.84 bits per heavy atom. The molecule has 0 unspecified atom stereocenters. The van der Waals surface area contributed by atoms with Crippen molar-refractivity contribution >= 4 is 17.0 Å². The maximum atomic E-state index is 9.46. The van der Waals surface area contributed by atoms with Crippen LogP contribution in [0.5, 0.6) is 0 Å². The molecule has 9 heteroatoms. The van der Waals surface area contributed by atoms with Gasteiger partial charge in [-0.25, -0.2) is 9.97 Å². The van der Waals surface area contributed by atoms with Crippen molar-refractivity contribution in [3.63, 3.8) is 0 Å². The Morgan fingerprint density at radius 2 is 2.16 bits per heavy atom. The van der Waals surface area contributed by atoms with Crippen molar-refractivity contribution in [1.29, 1.82) is 0 Å². The van der Waals surface area contributed by atoms with E-state index >= 15 is 0 Å². The van der Waals surface area contributed by atoms with Gasteiger partial charge >= 0.3 is 0 Å². The summed E-state index contributed by atoms with van der Waals surface area (Å²) in [6.07, 6.45) is 0.461. The number of H-pyrrole nitrogens is 1. The fraction of sp³-hybridized carbons (Fsp3) is 0.500. The molecule has 0 aliphatic heterocycles. The molecule has 19 heavy (non-hydrogen) atoms. The van der Waals surface area contributed by atoms with Crippen LogP contribution in [-0.4, -0.2) is 60.8 Å². The molecule has 7 N–H and O–H groups in total. The van der Waals surface area contributed by atoms with Crippen LogP contribution in [0.3, 0.4) is 0 Å². The van der Waals surface area contributed by atoms with E-state index in [0.29, 0.717) is 16.7 Å². The van der Waals surface area contributed by atoms with Crippen molar-refractivity contribution in [2.75, 3.05) is 18.9 Å². The van der Waals surface area contributed by atoms with E-state index in [1.807, 2.05) is 0 Å². The number of fused-ring (bicyclic) bond motifs is 1. The largest absolute Gasteiger partial charge is 0.395 e. The zero-order valence-electron chi connectivity index (χ0n) is 10.1. The SMILES string of the molecule is Nc1ncc2n[nH]c(CN[C@@H](CO)[C@@H](O)CO)c2n1. The summed E-state index contributed by atoms with van der Waals surface area (Å²) >= 11 is 0. The molecular formula is C10H16N6O3. The van der Waals surface area contributed by atoms with Crippen LogP contribution in [0.15, 0.2) is 6.20 Å². The van der Waals surface area contributed by atoms with Gasteiger partial charge in [0, 0.05) is 6.54 Å². The van der Waals surface area contributed by atoms with Gasteiger partial charge in [0.15, 0.2) is 0 Å². The van der Waals surface area contributed by atoms with Gasteiger partial charge in [-0.15, -0.1) is 0 Å². The number of nitrogen functional groups attached to an aromatic ring is 1. The lowest BCUT2D eigenvalue weighted by molar-refractivity contribution is 0.0409. The highest BCUT2D eigenvalue weighted by Gasteiger charge is 2.18. The second-order valence-electron chi connectivity index (χ2n) is 4.08. The number of rotatable bonds is 6. The number of nitrogens with zero attached hydrogens (tertiary/aromatic N) is 3. The van der Waals surface area contributed by atoms with Gasteiger partial charge in [-0.2, -0.15) is 5.10 Å². The normalized spacial score (nSPS) is 14.7. The molecule has 104 valence electrons. The molecule has 2 rings (SSSR count). The number of aliphatic hydroxyl groups is 3. The molecule has 0 saturated heterocycles. The summed E-state index contributed by atoms with van der Waals surface area (Å²) in [6.45, 7) is -0.447. The third-order valence-corrected chi connectivity index (χ3v) is 2.77. The van der Waals surface area contributed by atoms with E-state index in [9.17, 15) is 5.11 Å². The predicted octanol–water partition coefficient (Wildman–Crippen LogP) is -2.26. The number of aliphatic hydroxyl groups excluding tert-OH is 3. The number of aromatic amines is 1. The first-order valence-corrected chi connectivity index (χ1v) is 5.74. The second kappa shape index (κ2) is 5.89. The van der Waals surface area contributed by atoms with Crippen molar-refractivity contribution in [3.8, 4) is 0 Å². The smallest absolute Gasteiger partial charge is 0.220 e. The third kappa shape index (κ3) is 2.96. The summed E-state index contributed by atoms with van der Waals surface area (Å²) in [7, 11) is 0. The maximum absolute atomic E-state index is 9.46. The number of nitrogens with two attached hydrogens (primary N) is 1. The van der Waals surface area contributed by atoms with Crippen molar-refractivity contribution in [3.05, 3.63) is 11.9 Å². The van der Waals surface area contributed by atoms with E-state index in [-0.39, 0.29) is 19.1 Å². The zero-order chi connectivity index (χ0) is 13.8. The summed E-state index contributed by atoms with van der Waals surface area (Å²) in [5.41, 5.74) is 7.32. The van der Waals surface area contributed by atoms with Gasteiger partial charge in [0.05, 0.1) is 37.3 Å². The Kier molecular flexibility index (Phi) is 4.22. The summed E-state index contributed by atoms with van der Waals surface area (Å²) in [6, 6.07) is -0.637. The van der Waals surface area contributed by atoms with Crippen LogP contribution in [0.4, 0.5) is 5.95 Å². The Labute approximate surface area is 108 Å². The predicted molar refractivity (Wildman–Crippen MR) is 66.9 cm³/mol. The average Bonchev–Trinajstić information content (AvgIpc) is 2.81. The standard InChI is InChI=1S/C10H16N6O3/c11-10-13-2-6-9(14-10)5(15-16-6)1-12-7(3-17)8(19)4-18/h2,7-8,12,17-19H,1,3-4H2,(H,15,16)(H2,11,13,14)/t7-,8-/m0/s1. The molecular weight excluding hydrogens is 252 g/mol. The Morgan fingerprint density at radius 1 is 1.37 bits per heavy atom. The molecule has 2 aromatic rings. The second-order valence-corrected chi connectivity index (χ2v) is 4.08. The van der Waals surface area contributed by atoms with Gasteiger partial charge in [-0.1, -0.05) is 0 Å². The number of hydrogen-bond acceptors (Lipinski definition) is 8. The number of anilines is 1. The molecule has 2 aromatic heterocycles. The lowest BCUT2D eigenvalue weighted by Gasteiger charge is -2.20. The highest BCUT2D eigenvalue weighted by molar-refractivity contribution is 5.76. The average molecular weight is 268 g/mol. The van der Waals surface area contributed by atoms with Crippen molar-refractivity contribution < 1.29 is 15.3 Å². The van der Waals surface area contributed by atoms with Crippen LogP contribution >= 0.6 is 0 Å². The molecule has 0 radical (unpaired) electrons. The molecule has 0 spiro atoms.